The maximum Gasteiger partial charge on any atom is 0.128 e. The molecule has 1 heterocycles. The second-order valence-electron chi connectivity index (χ2n) is 3.45. The van der Waals surface area contributed by atoms with Gasteiger partial charge in [0.15, 0.2) is 0 Å². The molecule has 1 unspecified atom stereocenters. The van der Waals surface area contributed by atoms with E-state index in [2.05, 4.69) is 5.32 Å². The van der Waals surface area contributed by atoms with Crippen molar-refractivity contribution in [2.75, 3.05) is 6.54 Å². The Hall–Kier alpha value is -0.960. The topological polar surface area (TPSA) is 12.0 Å². The Bertz CT molecular complexity index is 336. The molecule has 70 valence electrons. The molecule has 0 radical (unpaired) electrons. The van der Waals surface area contributed by atoms with Crippen LogP contribution in [0.4, 0.5) is 8.78 Å². The average molecular weight is 183 g/mol. The third-order valence-electron chi connectivity index (χ3n) is 2.49. The van der Waals surface area contributed by atoms with Gasteiger partial charge in [0.05, 0.1) is 0 Å². The van der Waals surface area contributed by atoms with Gasteiger partial charge in [-0.05, 0) is 23.6 Å². The molecule has 1 aliphatic rings. The molecule has 0 amide bonds. The molecule has 1 atom stereocenters. The lowest BCUT2D eigenvalue weighted by Crippen LogP contribution is -2.28. The van der Waals surface area contributed by atoms with Gasteiger partial charge in [-0.2, -0.15) is 0 Å². The van der Waals surface area contributed by atoms with E-state index in [1.54, 1.807) is 0 Å². The summed E-state index contributed by atoms with van der Waals surface area (Å²) in [4.78, 5) is 0. The Balaban J connectivity index is 2.60. The summed E-state index contributed by atoms with van der Waals surface area (Å²) in [5.74, 6) is -0.541. The SMILES string of the molecule is CC1CNCc2c(F)ccc(F)c21. The second kappa shape index (κ2) is 3.07. The van der Waals surface area contributed by atoms with E-state index in [1.807, 2.05) is 6.92 Å². The Morgan fingerprint density at radius 3 is 2.69 bits per heavy atom. The fourth-order valence-corrected chi connectivity index (χ4v) is 1.84. The quantitative estimate of drug-likeness (QED) is 0.650. The summed E-state index contributed by atoms with van der Waals surface area (Å²) in [5, 5.41) is 3.05. The first kappa shape index (κ1) is 8.63. The Kier molecular flexibility index (Phi) is 2.04. The van der Waals surface area contributed by atoms with Crippen LogP contribution in [0.1, 0.15) is 24.0 Å². The molecule has 0 bridgehead atoms. The van der Waals surface area contributed by atoms with Gasteiger partial charge in [0.25, 0.3) is 0 Å². The number of fused-ring (bicyclic) bond motifs is 1. The van der Waals surface area contributed by atoms with Crippen molar-refractivity contribution in [2.24, 2.45) is 0 Å². The van der Waals surface area contributed by atoms with Crippen LogP contribution in [0.5, 0.6) is 0 Å². The minimum atomic E-state index is -0.310. The summed E-state index contributed by atoms with van der Waals surface area (Å²) in [7, 11) is 0. The van der Waals surface area contributed by atoms with Crippen LogP contribution < -0.4 is 5.32 Å². The lowest BCUT2D eigenvalue weighted by molar-refractivity contribution is 0.493. The number of hydrogen-bond acceptors (Lipinski definition) is 1. The first-order valence-electron chi connectivity index (χ1n) is 4.37. The van der Waals surface area contributed by atoms with E-state index in [9.17, 15) is 8.78 Å². The van der Waals surface area contributed by atoms with E-state index in [0.29, 0.717) is 24.2 Å². The molecular weight excluding hydrogens is 172 g/mol. The molecule has 0 fully saturated rings. The fourth-order valence-electron chi connectivity index (χ4n) is 1.84. The highest BCUT2D eigenvalue weighted by Crippen LogP contribution is 2.27. The summed E-state index contributed by atoms with van der Waals surface area (Å²) < 4.78 is 26.5. The molecule has 0 saturated carbocycles. The van der Waals surface area contributed by atoms with Crippen LogP contribution in [0.3, 0.4) is 0 Å². The Labute approximate surface area is 75.8 Å². The molecule has 1 N–H and O–H groups in total. The third-order valence-corrected chi connectivity index (χ3v) is 2.49. The molecule has 0 aromatic heterocycles. The summed E-state index contributed by atoms with van der Waals surface area (Å²) >= 11 is 0. The van der Waals surface area contributed by atoms with Gasteiger partial charge < -0.3 is 5.32 Å². The van der Waals surface area contributed by atoms with Crippen molar-refractivity contribution in [1.82, 2.24) is 5.32 Å². The van der Waals surface area contributed by atoms with Gasteiger partial charge in [-0.1, -0.05) is 6.92 Å². The zero-order valence-corrected chi connectivity index (χ0v) is 7.40. The molecule has 13 heavy (non-hydrogen) atoms. The van der Waals surface area contributed by atoms with E-state index in [4.69, 9.17) is 0 Å². The van der Waals surface area contributed by atoms with Crippen LogP contribution in [-0.4, -0.2) is 6.54 Å². The zero-order chi connectivity index (χ0) is 9.42. The highest BCUT2D eigenvalue weighted by atomic mass is 19.1. The van der Waals surface area contributed by atoms with Crippen molar-refractivity contribution in [3.05, 3.63) is 34.9 Å². The van der Waals surface area contributed by atoms with Gasteiger partial charge in [-0.15, -0.1) is 0 Å². The highest BCUT2D eigenvalue weighted by molar-refractivity contribution is 5.34. The lowest BCUT2D eigenvalue weighted by atomic mass is 9.91. The minimum Gasteiger partial charge on any atom is -0.312 e. The predicted molar refractivity (Wildman–Crippen MR) is 46.5 cm³/mol. The van der Waals surface area contributed by atoms with E-state index < -0.39 is 0 Å². The molecule has 1 aromatic carbocycles. The molecular formula is C10H11F2N. The number of rotatable bonds is 0. The maximum absolute atomic E-state index is 13.3. The van der Waals surface area contributed by atoms with Crippen molar-refractivity contribution in [2.45, 2.75) is 19.4 Å². The highest BCUT2D eigenvalue weighted by Gasteiger charge is 2.22. The standard InChI is InChI=1S/C10H11F2N/c1-6-4-13-5-7-8(11)2-3-9(12)10(6)7/h2-3,6,13H,4-5H2,1H3. The summed E-state index contributed by atoms with van der Waals surface area (Å²) in [5.41, 5.74) is 1.03. The van der Waals surface area contributed by atoms with E-state index >= 15 is 0 Å². The van der Waals surface area contributed by atoms with Gasteiger partial charge >= 0.3 is 0 Å². The van der Waals surface area contributed by atoms with E-state index in [-0.39, 0.29) is 17.6 Å². The van der Waals surface area contributed by atoms with Crippen LogP contribution >= 0.6 is 0 Å². The lowest BCUT2D eigenvalue weighted by Gasteiger charge is -2.24. The van der Waals surface area contributed by atoms with E-state index in [1.165, 1.54) is 12.1 Å². The Morgan fingerprint density at radius 1 is 1.31 bits per heavy atom. The maximum atomic E-state index is 13.3. The van der Waals surface area contributed by atoms with Gasteiger partial charge in [-0.3, -0.25) is 0 Å². The van der Waals surface area contributed by atoms with Crippen molar-refractivity contribution in [3.63, 3.8) is 0 Å². The normalized spacial score (nSPS) is 21.3. The van der Waals surface area contributed by atoms with Crippen LogP contribution in [-0.2, 0) is 6.54 Å². The smallest absolute Gasteiger partial charge is 0.128 e. The molecule has 2 rings (SSSR count). The van der Waals surface area contributed by atoms with Gasteiger partial charge in [0.2, 0.25) is 0 Å². The van der Waals surface area contributed by atoms with Crippen molar-refractivity contribution >= 4 is 0 Å². The van der Waals surface area contributed by atoms with Crippen LogP contribution in [0.15, 0.2) is 12.1 Å². The largest absolute Gasteiger partial charge is 0.312 e. The molecule has 1 nitrogen and oxygen atoms in total. The average Bonchev–Trinajstić information content (AvgIpc) is 2.12. The van der Waals surface area contributed by atoms with Crippen LogP contribution in [0.2, 0.25) is 0 Å². The molecule has 0 aliphatic carbocycles. The predicted octanol–water partition coefficient (Wildman–Crippen LogP) is 2.17. The van der Waals surface area contributed by atoms with Crippen LogP contribution in [0, 0.1) is 11.6 Å². The van der Waals surface area contributed by atoms with Gasteiger partial charge in [0, 0.05) is 18.7 Å². The van der Waals surface area contributed by atoms with Crippen LogP contribution in [0.25, 0.3) is 0 Å². The minimum absolute atomic E-state index is 0.0550. The Morgan fingerprint density at radius 2 is 2.00 bits per heavy atom. The zero-order valence-electron chi connectivity index (χ0n) is 7.40. The van der Waals surface area contributed by atoms with Gasteiger partial charge in [-0.25, -0.2) is 8.78 Å². The van der Waals surface area contributed by atoms with E-state index in [0.717, 1.165) is 0 Å². The molecule has 1 aliphatic heterocycles. The van der Waals surface area contributed by atoms with Gasteiger partial charge in [0.1, 0.15) is 11.6 Å². The number of benzene rings is 1. The second-order valence-corrected chi connectivity index (χ2v) is 3.45. The van der Waals surface area contributed by atoms with Crippen molar-refractivity contribution < 1.29 is 8.78 Å². The molecule has 1 aromatic rings. The molecule has 0 spiro atoms. The van der Waals surface area contributed by atoms with Crippen molar-refractivity contribution in [3.8, 4) is 0 Å². The number of hydrogen-bond donors (Lipinski definition) is 1. The first-order chi connectivity index (χ1) is 6.20. The first-order valence-corrected chi connectivity index (χ1v) is 4.37. The molecule has 3 heteroatoms. The number of nitrogens with one attached hydrogen (secondary N) is 1. The summed E-state index contributed by atoms with van der Waals surface area (Å²) in [6, 6.07) is 2.39. The fraction of sp³-hybridized carbons (Fsp3) is 0.400. The third kappa shape index (κ3) is 1.33. The molecule has 0 saturated heterocycles. The van der Waals surface area contributed by atoms with Crippen molar-refractivity contribution in [1.29, 1.82) is 0 Å². The number of halogens is 2. The summed E-state index contributed by atoms with van der Waals surface area (Å²) in [6.45, 7) is 3.05. The monoisotopic (exact) mass is 183 g/mol. The summed E-state index contributed by atoms with van der Waals surface area (Å²) in [6.07, 6.45) is 0.